The van der Waals surface area contributed by atoms with E-state index >= 15 is 0 Å². The van der Waals surface area contributed by atoms with Crippen molar-refractivity contribution in [3.63, 3.8) is 0 Å². The van der Waals surface area contributed by atoms with Crippen LogP contribution in [0.1, 0.15) is 59.3 Å². The van der Waals surface area contributed by atoms with Crippen LogP contribution in [0.25, 0.3) is 0 Å². The number of amides is 1. The lowest BCUT2D eigenvalue weighted by atomic mass is 9.85. The van der Waals surface area contributed by atoms with Gasteiger partial charge in [0, 0.05) is 13.1 Å². The largest absolute Gasteiger partial charge is 0.341 e. The zero-order valence-corrected chi connectivity index (χ0v) is 12.2. The zero-order chi connectivity index (χ0) is 13.2. The normalized spacial score (nSPS) is 32.3. The van der Waals surface area contributed by atoms with Gasteiger partial charge in [-0.05, 0) is 50.5 Å². The van der Waals surface area contributed by atoms with Gasteiger partial charge in [-0.1, -0.05) is 20.8 Å². The first-order chi connectivity index (χ1) is 8.49. The molecule has 0 bridgehead atoms. The fraction of sp³-hybridized carbons (Fsp3) is 0.933. The Balaban J connectivity index is 2.04. The third-order valence-corrected chi connectivity index (χ3v) is 4.88. The van der Waals surface area contributed by atoms with E-state index in [1.165, 1.54) is 6.42 Å². The summed E-state index contributed by atoms with van der Waals surface area (Å²) in [7, 11) is 0. The molecule has 0 aromatic rings. The number of hydrogen-bond donors (Lipinski definition) is 1. The average Bonchev–Trinajstić information content (AvgIpc) is 2.75. The van der Waals surface area contributed by atoms with Crippen LogP contribution in [-0.2, 0) is 4.79 Å². The van der Waals surface area contributed by atoms with Crippen molar-refractivity contribution in [3.05, 3.63) is 0 Å². The summed E-state index contributed by atoms with van der Waals surface area (Å²) in [4.78, 5) is 14.9. The lowest BCUT2D eigenvalue weighted by Crippen LogP contribution is -2.54. The highest BCUT2D eigenvalue weighted by molar-refractivity contribution is 5.86. The van der Waals surface area contributed by atoms with Gasteiger partial charge in [-0.25, -0.2) is 0 Å². The third-order valence-electron chi connectivity index (χ3n) is 4.88. The molecule has 1 amide bonds. The Hall–Kier alpha value is -0.570. The summed E-state index contributed by atoms with van der Waals surface area (Å²) in [6.45, 7) is 9.67. The van der Waals surface area contributed by atoms with E-state index in [2.05, 4.69) is 31.0 Å². The Kier molecular flexibility index (Phi) is 4.00. The molecule has 0 spiro atoms. The molecule has 3 heteroatoms. The zero-order valence-electron chi connectivity index (χ0n) is 12.2. The van der Waals surface area contributed by atoms with Crippen molar-refractivity contribution >= 4 is 5.91 Å². The van der Waals surface area contributed by atoms with Crippen LogP contribution in [0.3, 0.4) is 0 Å². The Morgan fingerprint density at radius 3 is 2.56 bits per heavy atom. The first-order valence-electron chi connectivity index (χ1n) is 7.54. The van der Waals surface area contributed by atoms with E-state index in [1.54, 1.807) is 0 Å². The van der Waals surface area contributed by atoms with E-state index in [9.17, 15) is 4.79 Å². The standard InChI is InChI=1S/C15H28N2O/c1-4-15(8-5-10-16-15)13(18)17-11-6-7-14(2,3)9-12-17/h16H,4-12H2,1-3H3. The molecule has 1 atom stereocenters. The molecule has 2 saturated heterocycles. The Labute approximate surface area is 111 Å². The smallest absolute Gasteiger partial charge is 0.242 e. The minimum Gasteiger partial charge on any atom is -0.341 e. The Morgan fingerprint density at radius 1 is 1.17 bits per heavy atom. The third kappa shape index (κ3) is 2.71. The Morgan fingerprint density at radius 2 is 1.94 bits per heavy atom. The second kappa shape index (κ2) is 5.20. The van der Waals surface area contributed by atoms with Gasteiger partial charge in [-0.2, -0.15) is 0 Å². The van der Waals surface area contributed by atoms with Crippen LogP contribution in [0.2, 0.25) is 0 Å². The number of hydrogen-bond acceptors (Lipinski definition) is 2. The maximum absolute atomic E-state index is 12.8. The van der Waals surface area contributed by atoms with Crippen molar-refractivity contribution in [3.8, 4) is 0 Å². The second-order valence-electron chi connectivity index (χ2n) is 6.78. The van der Waals surface area contributed by atoms with Gasteiger partial charge in [-0.3, -0.25) is 4.79 Å². The summed E-state index contributed by atoms with van der Waals surface area (Å²) in [6, 6.07) is 0. The molecule has 2 rings (SSSR count). The summed E-state index contributed by atoms with van der Waals surface area (Å²) >= 11 is 0. The molecule has 0 saturated carbocycles. The fourth-order valence-corrected chi connectivity index (χ4v) is 3.37. The maximum Gasteiger partial charge on any atom is 0.242 e. The van der Waals surface area contributed by atoms with Crippen LogP contribution in [-0.4, -0.2) is 36.0 Å². The molecule has 2 aliphatic rings. The first kappa shape index (κ1) is 13.9. The molecule has 1 unspecified atom stereocenters. The predicted octanol–water partition coefficient (Wildman–Crippen LogP) is 2.56. The van der Waals surface area contributed by atoms with Crippen LogP contribution < -0.4 is 5.32 Å². The quantitative estimate of drug-likeness (QED) is 0.819. The highest BCUT2D eigenvalue weighted by Gasteiger charge is 2.42. The molecule has 3 nitrogen and oxygen atoms in total. The van der Waals surface area contributed by atoms with Crippen LogP contribution in [0.5, 0.6) is 0 Å². The van der Waals surface area contributed by atoms with E-state index in [0.29, 0.717) is 11.3 Å². The van der Waals surface area contributed by atoms with E-state index in [-0.39, 0.29) is 5.54 Å². The number of carbonyl (C=O) groups is 1. The molecule has 0 aromatic heterocycles. The fourth-order valence-electron chi connectivity index (χ4n) is 3.37. The molecular formula is C15H28N2O. The van der Waals surface area contributed by atoms with Crippen molar-refractivity contribution < 1.29 is 4.79 Å². The van der Waals surface area contributed by atoms with Crippen molar-refractivity contribution in [1.82, 2.24) is 10.2 Å². The van der Waals surface area contributed by atoms with Gasteiger partial charge in [0.05, 0.1) is 5.54 Å². The number of nitrogens with one attached hydrogen (secondary N) is 1. The summed E-state index contributed by atoms with van der Waals surface area (Å²) in [5.41, 5.74) is 0.159. The summed E-state index contributed by atoms with van der Waals surface area (Å²) in [5.74, 6) is 0.361. The molecule has 1 N–H and O–H groups in total. The minimum absolute atomic E-state index is 0.242. The SMILES string of the molecule is CCC1(C(=O)N2CCCC(C)(C)CC2)CCCN1. The lowest BCUT2D eigenvalue weighted by Gasteiger charge is -2.33. The van der Waals surface area contributed by atoms with Crippen molar-refractivity contribution in [2.75, 3.05) is 19.6 Å². The van der Waals surface area contributed by atoms with Gasteiger partial charge in [-0.15, -0.1) is 0 Å². The van der Waals surface area contributed by atoms with E-state index in [1.807, 2.05) is 0 Å². The van der Waals surface area contributed by atoms with Crippen molar-refractivity contribution in [2.24, 2.45) is 5.41 Å². The van der Waals surface area contributed by atoms with Crippen LogP contribution in [0.15, 0.2) is 0 Å². The van der Waals surface area contributed by atoms with Gasteiger partial charge < -0.3 is 10.2 Å². The molecule has 0 aliphatic carbocycles. The molecule has 2 aliphatic heterocycles. The van der Waals surface area contributed by atoms with E-state index in [0.717, 1.165) is 51.7 Å². The monoisotopic (exact) mass is 252 g/mol. The predicted molar refractivity (Wildman–Crippen MR) is 74.5 cm³/mol. The van der Waals surface area contributed by atoms with Crippen molar-refractivity contribution in [2.45, 2.75) is 64.8 Å². The number of nitrogens with zero attached hydrogens (tertiary/aromatic N) is 1. The number of carbonyl (C=O) groups excluding carboxylic acids is 1. The average molecular weight is 252 g/mol. The van der Waals surface area contributed by atoms with Gasteiger partial charge in [0.15, 0.2) is 0 Å². The van der Waals surface area contributed by atoms with Gasteiger partial charge in [0.1, 0.15) is 0 Å². The summed E-state index contributed by atoms with van der Waals surface area (Å²) in [6.07, 6.45) is 6.60. The minimum atomic E-state index is -0.242. The van der Waals surface area contributed by atoms with Gasteiger partial charge >= 0.3 is 0 Å². The summed E-state index contributed by atoms with van der Waals surface area (Å²) < 4.78 is 0. The molecule has 2 heterocycles. The van der Waals surface area contributed by atoms with Crippen LogP contribution in [0, 0.1) is 5.41 Å². The number of likely N-dealkylation sites (tertiary alicyclic amines) is 1. The van der Waals surface area contributed by atoms with E-state index < -0.39 is 0 Å². The van der Waals surface area contributed by atoms with Crippen LogP contribution >= 0.6 is 0 Å². The van der Waals surface area contributed by atoms with Crippen LogP contribution in [0.4, 0.5) is 0 Å². The molecule has 18 heavy (non-hydrogen) atoms. The first-order valence-corrected chi connectivity index (χ1v) is 7.54. The molecule has 2 fully saturated rings. The van der Waals surface area contributed by atoms with Crippen molar-refractivity contribution in [1.29, 1.82) is 0 Å². The Bertz CT molecular complexity index is 306. The molecule has 104 valence electrons. The second-order valence-corrected chi connectivity index (χ2v) is 6.78. The maximum atomic E-state index is 12.8. The summed E-state index contributed by atoms with van der Waals surface area (Å²) in [5, 5.41) is 3.47. The topological polar surface area (TPSA) is 32.3 Å². The number of rotatable bonds is 2. The lowest BCUT2D eigenvalue weighted by molar-refractivity contribution is -0.138. The highest BCUT2D eigenvalue weighted by atomic mass is 16.2. The molecule has 0 radical (unpaired) electrons. The molecule has 0 aromatic carbocycles. The van der Waals surface area contributed by atoms with Gasteiger partial charge in [0.2, 0.25) is 5.91 Å². The highest BCUT2D eigenvalue weighted by Crippen LogP contribution is 2.32. The molecular weight excluding hydrogens is 224 g/mol. The van der Waals surface area contributed by atoms with E-state index in [4.69, 9.17) is 0 Å². The van der Waals surface area contributed by atoms with Gasteiger partial charge in [0.25, 0.3) is 0 Å².